The number of nitrogens with one attached hydrogen (secondary N) is 3. The Kier molecular flexibility index (Phi) is 14.5. The highest BCUT2D eigenvalue weighted by atomic mass is 35.5. The molecule has 73 heavy (non-hydrogen) atoms. The molecule has 6 heterocycles. The first-order valence-corrected chi connectivity index (χ1v) is 26.2. The van der Waals surface area contributed by atoms with E-state index in [0.29, 0.717) is 33.4 Å². The van der Waals surface area contributed by atoms with Crippen LogP contribution in [-0.4, -0.2) is 96.5 Å². The number of hydrogen-bond acceptors (Lipinski definition) is 13. The smallest absolute Gasteiger partial charge is 0.287 e. The predicted octanol–water partition coefficient (Wildman–Crippen LogP) is 8.94. The number of furan rings is 1. The number of halogens is 1. The lowest BCUT2D eigenvalue weighted by molar-refractivity contribution is -0.142. The van der Waals surface area contributed by atoms with Crippen molar-refractivity contribution in [3.63, 3.8) is 0 Å². The van der Waals surface area contributed by atoms with Gasteiger partial charge < -0.3 is 35.1 Å². The van der Waals surface area contributed by atoms with Gasteiger partial charge in [0, 0.05) is 39.4 Å². The van der Waals surface area contributed by atoms with Crippen LogP contribution in [0.4, 0.5) is 0 Å². The van der Waals surface area contributed by atoms with E-state index in [9.17, 15) is 24.3 Å². The van der Waals surface area contributed by atoms with Gasteiger partial charge in [0.1, 0.15) is 46.4 Å². The first-order chi connectivity index (χ1) is 34.7. The summed E-state index contributed by atoms with van der Waals surface area (Å²) in [5.41, 5.74) is 8.02. The molecular formula is C54H58ClN9O7S2. The third-order valence-electron chi connectivity index (χ3n) is 13.4. The van der Waals surface area contributed by atoms with E-state index in [0.717, 1.165) is 54.0 Å². The van der Waals surface area contributed by atoms with Crippen LogP contribution in [0.2, 0.25) is 5.02 Å². The molecule has 9 rings (SSSR count). The van der Waals surface area contributed by atoms with E-state index >= 15 is 0 Å². The molecule has 4 N–H and O–H groups in total. The number of carbonyl (C=O) groups is 4. The van der Waals surface area contributed by atoms with E-state index in [2.05, 4.69) is 45.0 Å². The predicted molar refractivity (Wildman–Crippen MR) is 283 cm³/mol. The van der Waals surface area contributed by atoms with E-state index in [4.69, 9.17) is 25.7 Å². The summed E-state index contributed by atoms with van der Waals surface area (Å²) in [5, 5.41) is 30.8. The van der Waals surface area contributed by atoms with Gasteiger partial charge in [0.05, 0.1) is 46.9 Å². The largest absolute Gasteiger partial charge is 0.489 e. The molecule has 0 radical (unpaired) electrons. The molecule has 1 saturated heterocycles. The van der Waals surface area contributed by atoms with Gasteiger partial charge in [-0.1, -0.05) is 68.8 Å². The Morgan fingerprint density at radius 1 is 0.945 bits per heavy atom. The van der Waals surface area contributed by atoms with Crippen molar-refractivity contribution in [3.05, 3.63) is 134 Å². The molecule has 6 atom stereocenters. The second kappa shape index (κ2) is 20.6. The van der Waals surface area contributed by atoms with Gasteiger partial charge in [-0.3, -0.25) is 28.7 Å². The minimum Gasteiger partial charge on any atom is -0.489 e. The van der Waals surface area contributed by atoms with Gasteiger partial charge in [0.15, 0.2) is 11.6 Å². The van der Waals surface area contributed by atoms with E-state index in [-0.39, 0.29) is 43.6 Å². The molecule has 4 amide bonds. The standard InChI is InChI=1S/C54H58ClN9O7S2/c1-27(24-56-44(66)23-40-49-62-61-32(6)64(49)53-45(28(2)31(5)73-53)46(59-40)34-14-16-37(55)17-15-34)70-39-18-19-42-36(20-39)21-43(71-42)51(68)60-48(54(7,8)9)52(69)63-25-38(65)22-41(63)50(67)58-29(3)33-10-12-35(13-11-33)47-30(4)57-26-72-47/h10-21,26-27,29,38,40-41,48,65H,22-25H2,1-9H3,(H,56,66)(H,58,67)(H,60,68)/t27-,29-,38+,40-,41-,48+/m0/s1. The van der Waals surface area contributed by atoms with Gasteiger partial charge in [-0.15, -0.1) is 32.9 Å². The number of likely N-dealkylation sites (tertiary alicyclic amines) is 1. The average Bonchev–Trinajstić information content (AvgIpc) is 4.19. The molecule has 1 fully saturated rings. The Hall–Kier alpha value is -6.73. The molecule has 7 aromatic rings. The van der Waals surface area contributed by atoms with Crippen molar-refractivity contribution in [1.29, 1.82) is 0 Å². The summed E-state index contributed by atoms with van der Waals surface area (Å²) >= 11 is 9.48. The molecule has 0 aliphatic carbocycles. The molecule has 19 heteroatoms. The van der Waals surface area contributed by atoms with E-state index in [1.165, 1.54) is 4.90 Å². The zero-order valence-corrected chi connectivity index (χ0v) is 44.5. The Bertz CT molecular complexity index is 3260. The number of nitrogens with zero attached hydrogens (tertiary/aromatic N) is 6. The number of ether oxygens (including phenoxy) is 1. The number of benzene rings is 3. The zero-order chi connectivity index (χ0) is 52.0. The number of rotatable bonds is 14. The number of aryl methyl sites for hydroxylation is 3. The summed E-state index contributed by atoms with van der Waals surface area (Å²) in [5.74, 6) is -0.0168. The lowest BCUT2D eigenvalue weighted by Crippen LogP contribution is -2.57. The zero-order valence-electron chi connectivity index (χ0n) is 42.1. The number of β-amino-alcohol motifs (C(OH)–C–C–N with tert-alkyl or cyclic N) is 1. The number of thiophene rings is 1. The highest BCUT2D eigenvalue weighted by Crippen LogP contribution is 2.40. The van der Waals surface area contributed by atoms with Crippen LogP contribution >= 0.6 is 34.3 Å². The molecule has 380 valence electrons. The molecule has 0 bridgehead atoms. The van der Waals surface area contributed by atoms with E-state index in [1.807, 2.05) is 107 Å². The van der Waals surface area contributed by atoms with Gasteiger partial charge >= 0.3 is 0 Å². The van der Waals surface area contributed by atoms with Crippen LogP contribution < -0.4 is 20.7 Å². The first-order valence-electron chi connectivity index (χ1n) is 24.2. The molecule has 0 spiro atoms. The summed E-state index contributed by atoms with van der Waals surface area (Å²) in [6, 6.07) is 19.1. The molecular weight excluding hydrogens is 986 g/mol. The van der Waals surface area contributed by atoms with Crippen LogP contribution in [0, 0.1) is 33.1 Å². The van der Waals surface area contributed by atoms with Crippen molar-refractivity contribution in [1.82, 2.24) is 40.6 Å². The Morgan fingerprint density at radius 3 is 2.37 bits per heavy atom. The highest BCUT2D eigenvalue weighted by molar-refractivity contribution is 7.15. The van der Waals surface area contributed by atoms with Crippen molar-refractivity contribution in [3.8, 4) is 21.2 Å². The summed E-state index contributed by atoms with van der Waals surface area (Å²) in [7, 11) is 0. The molecule has 0 unspecified atom stereocenters. The Balaban J connectivity index is 0.828. The van der Waals surface area contributed by atoms with Gasteiger partial charge in [-0.05, 0) is 100 Å². The Labute approximate surface area is 436 Å². The third-order valence-corrected chi connectivity index (χ3v) is 15.8. The number of aliphatic hydroxyl groups is 1. The number of fused-ring (bicyclic) bond motifs is 4. The summed E-state index contributed by atoms with van der Waals surface area (Å²) in [4.78, 5) is 68.9. The molecule has 3 aromatic carbocycles. The van der Waals surface area contributed by atoms with E-state index in [1.54, 1.807) is 46.9 Å². The van der Waals surface area contributed by atoms with Crippen LogP contribution in [0.1, 0.15) is 115 Å². The second-order valence-corrected chi connectivity index (χ2v) is 22.4. The number of amides is 4. The van der Waals surface area contributed by atoms with Crippen molar-refractivity contribution in [2.24, 2.45) is 10.4 Å². The minimum atomic E-state index is -1.08. The third kappa shape index (κ3) is 10.7. The molecule has 4 aromatic heterocycles. The maximum atomic E-state index is 14.4. The van der Waals surface area contributed by atoms with Crippen LogP contribution in [0.3, 0.4) is 0 Å². The van der Waals surface area contributed by atoms with Crippen molar-refractivity contribution in [2.45, 2.75) is 112 Å². The molecule has 2 aliphatic heterocycles. The normalized spacial score (nSPS) is 17.8. The van der Waals surface area contributed by atoms with Crippen LogP contribution in [-0.2, 0) is 14.4 Å². The fourth-order valence-electron chi connectivity index (χ4n) is 9.34. The van der Waals surface area contributed by atoms with Crippen molar-refractivity contribution >= 4 is 74.6 Å². The number of thiazole rings is 1. The summed E-state index contributed by atoms with van der Waals surface area (Å²) in [6.45, 7) is 17.3. The number of hydrogen-bond donors (Lipinski definition) is 4. The number of aliphatic hydroxyl groups excluding tert-OH is 1. The van der Waals surface area contributed by atoms with Crippen LogP contribution in [0.5, 0.6) is 5.75 Å². The lowest BCUT2D eigenvalue weighted by atomic mass is 9.85. The molecule has 16 nitrogen and oxygen atoms in total. The van der Waals surface area contributed by atoms with Crippen LogP contribution in [0.15, 0.2) is 87.7 Å². The second-order valence-electron chi connectivity index (χ2n) is 19.9. The minimum absolute atomic E-state index is 0.0163. The average molecular weight is 1040 g/mol. The summed E-state index contributed by atoms with van der Waals surface area (Å²) in [6.07, 6.45) is -1.31. The molecule has 0 saturated carbocycles. The fourth-order valence-corrected chi connectivity index (χ4v) is 11.5. The SMILES string of the molecule is Cc1ncsc1-c1ccc([C@H](C)NC(=O)[C@@H]2C[C@@H](O)CN2C(=O)[C@@H](NC(=O)c2cc3cc(O[C@@H](C)CNC(=O)C[C@@H]4N=C(c5ccc(Cl)cc5)c5c(sc(C)c5C)-n5c(C)nnc54)ccc3o2)C(C)(C)C)cc1. The van der Waals surface area contributed by atoms with Gasteiger partial charge in [-0.25, -0.2) is 4.98 Å². The number of aliphatic imine (C=N–C) groups is 1. The van der Waals surface area contributed by atoms with E-state index < -0.39 is 53.5 Å². The Morgan fingerprint density at radius 2 is 1.67 bits per heavy atom. The van der Waals surface area contributed by atoms with Gasteiger partial charge in [-0.2, -0.15) is 0 Å². The maximum absolute atomic E-state index is 14.4. The van der Waals surface area contributed by atoms with Gasteiger partial charge in [0.25, 0.3) is 5.91 Å². The highest BCUT2D eigenvalue weighted by Gasteiger charge is 2.45. The van der Waals surface area contributed by atoms with Gasteiger partial charge in [0.2, 0.25) is 17.7 Å². The van der Waals surface area contributed by atoms with Crippen molar-refractivity contribution in [2.75, 3.05) is 13.1 Å². The van der Waals surface area contributed by atoms with Crippen LogP contribution in [0.25, 0.3) is 26.4 Å². The monoisotopic (exact) mass is 1040 g/mol. The number of carbonyl (C=O) groups excluding carboxylic acids is 4. The first kappa shape index (κ1) is 51.2. The molecule has 2 aliphatic rings. The quantitative estimate of drug-likeness (QED) is 0.0814. The fraction of sp³-hybridized carbons (Fsp3) is 0.370. The topological polar surface area (TPSA) is 206 Å². The van der Waals surface area contributed by atoms with Crippen molar-refractivity contribution < 1.29 is 33.4 Å². The lowest BCUT2D eigenvalue weighted by Gasteiger charge is -2.35. The summed E-state index contributed by atoms with van der Waals surface area (Å²) < 4.78 is 14.2. The maximum Gasteiger partial charge on any atom is 0.287 e. The number of aromatic nitrogens is 4.